The van der Waals surface area contributed by atoms with Gasteiger partial charge in [-0.05, 0) is 44.1 Å². The van der Waals surface area contributed by atoms with E-state index < -0.39 is 0 Å². The molecule has 0 unspecified atom stereocenters. The topological polar surface area (TPSA) is 42.7 Å². The second-order valence-electron chi connectivity index (χ2n) is 6.13. The third kappa shape index (κ3) is 3.80. The molecule has 0 saturated heterocycles. The van der Waals surface area contributed by atoms with Crippen LogP contribution in [0, 0.1) is 11.8 Å². The van der Waals surface area contributed by atoms with Gasteiger partial charge in [-0.15, -0.1) is 5.10 Å². The Hall–Kier alpha value is -0.900. The quantitative estimate of drug-likeness (QED) is 0.874. The highest BCUT2D eigenvalue weighted by Gasteiger charge is 2.20. The van der Waals surface area contributed by atoms with Crippen LogP contribution in [0.1, 0.15) is 58.2 Å². The van der Waals surface area contributed by atoms with Crippen LogP contribution in [0.2, 0.25) is 0 Å². The molecule has 1 aliphatic rings. The van der Waals surface area contributed by atoms with E-state index in [0.29, 0.717) is 12.0 Å². The van der Waals surface area contributed by atoms with Crippen molar-refractivity contribution in [3.63, 3.8) is 0 Å². The summed E-state index contributed by atoms with van der Waals surface area (Å²) in [5, 5.41) is 12.0. The third-order valence-corrected chi connectivity index (χ3v) is 3.78. The van der Waals surface area contributed by atoms with E-state index in [1.54, 1.807) is 0 Å². The summed E-state index contributed by atoms with van der Waals surface area (Å²) in [6.07, 6.45) is 7.28. The molecule has 102 valence electrons. The summed E-state index contributed by atoms with van der Waals surface area (Å²) >= 11 is 0. The molecule has 1 heterocycles. The summed E-state index contributed by atoms with van der Waals surface area (Å²) < 4.78 is 2.08. The SMILES string of the molecule is CC(C)CNCc1cn(C2CCC(C)CC2)nn1. The van der Waals surface area contributed by atoms with E-state index in [-0.39, 0.29) is 0 Å². The molecule has 0 radical (unpaired) electrons. The van der Waals surface area contributed by atoms with E-state index in [4.69, 9.17) is 0 Å². The first kappa shape index (κ1) is 13.5. The van der Waals surface area contributed by atoms with Gasteiger partial charge in [0.2, 0.25) is 0 Å². The number of nitrogens with one attached hydrogen (secondary N) is 1. The van der Waals surface area contributed by atoms with Crippen molar-refractivity contribution in [1.29, 1.82) is 0 Å². The van der Waals surface area contributed by atoms with Crippen LogP contribution in [0.15, 0.2) is 6.20 Å². The second kappa shape index (κ2) is 6.32. The highest BCUT2D eigenvalue weighted by Crippen LogP contribution is 2.31. The van der Waals surface area contributed by atoms with Gasteiger partial charge in [-0.1, -0.05) is 26.0 Å². The Bertz CT molecular complexity index is 350. The van der Waals surface area contributed by atoms with Crippen molar-refractivity contribution < 1.29 is 0 Å². The van der Waals surface area contributed by atoms with Crippen molar-refractivity contribution >= 4 is 0 Å². The van der Waals surface area contributed by atoms with Gasteiger partial charge in [0, 0.05) is 6.54 Å². The number of nitrogens with zero attached hydrogens (tertiary/aromatic N) is 3. The van der Waals surface area contributed by atoms with Crippen molar-refractivity contribution in [1.82, 2.24) is 20.3 Å². The zero-order chi connectivity index (χ0) is 13.0. The van der Waals surface area contributed by atoms with Gasteiger partial charge >= 0.3 is 0 Å². The van der Waals surface area contributed by atoms with Crippen molar-refractivity contribution in [2.75, 3.05) is 6.54 Å². The maximum Gasteiger partial charge on any atom is 0.0964 e. The van der Waals surface area contributed by atoms with Crippen LogP contribution < -0.4 is 5.32 Å². The van der Waals surface area contributed by atoms with Crippen LogP contribution in [-0.4, -0.2) is 21.5 Å². The molecular formula is C14H26N4. The maximum absolute atomic E-state index is 4.29. The Morgan fingerprint density at radius 3 is 2.72 bits per heavy atom. The van der Waals surface area contributed by atoms with Gasteiger partial charge < -0.3 is 5.32 Å². The summed E-state index contributed by atoms with van der Waals surface area (Å²) in [5.41, 5.74) is 1.06. The number of hydrogen-bond acceptors (Lipinski definition) is 3. The Kier molecular flexibility index (Phi) is 4.75. The molecule has 1 fully saturated rings. The van der Waals surface area contributed by atoms with Gasteiger partial charge in [0.1, 0.15) is 0 Å². The second-order valence-corrected chi connectivity index (χ2v) is 6.13. The van der Waals surface area contributed by atoms with E-state index in [2.05, 4.69) is 47.3 Å². The molecule has 0 amide bonds. The van der Waals surface area contributed by atoms with Crippen LogP contribution in [0.4, 0.5) is 0 Å². The highest BCUT2D eigenvalue weighted by molar-refractivity contribution is 4.93. The first-order valence-electron chi connectivity index (χ1n) is 7.26. The number of aromatic nitrogens is 3. The molecule has 4 nitrogen and oxygen atoms in total. The molecule has 1 N–H and O–H groups in total. The maximum atomic E-state index is 4.29. The lowest BCUT2D eigenvalue weighted by atomic mass is 9.87. The van der Waals surface area contributed by atoms with Gasteiger partial charge in [-0.2, -0.15) is 0 Å². The fourth-order valence-corrected chi connectivity index (χ4v) is 2.57. The molecule has 18 heavy (non-hydrogen) atoms. The molecule has 0 aliphatic heterocycles. The Morgan fingerprint density at radius 2 is 2.06 bits per heavy atom. The fourth-order valence-electron chi connectivity index (χ4n) is 2.57. The van der Waals surface area contributed by atoms with Crippen molar-refractivity contribution in [3.05, 3.63) is 11.9 Å². The van der Waals surface area contributed by atoms with Crippen LogP contribution in [-0.2, 0) is 6.54 Å². The average Bonchev–Trinajstić information content (AvgIpc) is 2.78. The van der Waals surface area contributed by atoms with E-state index in [1.165, 1.54) is 25.7 Å². The molecule has 0 atom stereocenters. The summed E-state index contributed by atoms with van der Waals surface area (Å²) in [5.74, 6) is 1.57. The molecule has 0 spiro atoms. The normalized spacial score (nSPS) is 24.7. The minimum atomic E-state index is 0.576. The number of rotatable bonds is 5. The first-order valence-corrected chi connectivity index (χ1v) is 7.26. The molecule has 1 aliphatic carbocycles. The average molecular weight is 250 g/mol. The monoisotopic (exact) mass is 250 g/mol. The van der Waals surface area contributed by atoms with Crippen molar-refractivity contribution in [3.8, 4) is 0 Å². The van der Waals surface area contributed by atoms with Crippen LogP contribution >= 0.6 is 0 Å². The zero-order valence-corrected chi connectivity index (χ0v) is 11.9. The summed E-state index contributed by atoms with van der Waals surface area (Å²) in [4.78, 5) is 0. The van der Waals surface area contributed by atoms with Gasteiger partial charge in [-0.3, -0.25) is 0 Å². The highest BCUT2D eigenvalue weighted by atomic mass is 15.4. The van der Waals surface area contributed by atoms with E-state index in [1.807, 2.05) is 0 Å². The lowest BCUT2D eigenvalue weighted by Gasteiger charge is -2.25. The lowest BCUT2D eigenvalue weighted by Crippen LogP contribution is -2.19. The molecule has 1 aromatic rings. The molecule has 4 heteroatoms. The van der Waals surface area contributed by atoms with Crippen LogP contribution in [0.5, 0.6) is 0 Å². The predicted molar refractivity (Wildman–Crippen MR) is 73.2 cm³/mol. The van der Waals surface area contributed by atoms with E-state index >= 15 is 0 Å². The van der Waals surface area contributed by atoms with Crippen molar-refractivity contribution in [2.45, 2.75) is 59.0 Å². The lowest BCUT2D eigenvalue weighted by molar-refractivity contribution is 0.270. The summed E-state index contributed by atoms with van der Waals surface area (Å²) in [7, 11) is 0. The smallest absolute Gasteiger partial charge is 0.0964 e. The van der Waals surface area contributed by atoms with Gasteiger partial charge in [-0.25, -0.2) is 4.68 Å². The zero-order valence-electron chi connectivity index (χ0n) is 11.9. The standard InChI is InChI=1S/C14H26N4/c1-11(2)8-15-9-13-10-18(17-16-13)14-6-4-12(3)5-7-14/h10-12,14-15H,4-9H2,1-3H3. The molecule has 1 aromatic heterocycles. The van der Waals surface area contributed by atoms with Crippen LogP contribution in [0.3, 0.4) is 0 Å². The summed E-state index contributed by atoms with van der Waals surface area (Å²) in [6, 6.07) is 0.576. The van der Waals surface area contributed by atoms with Gasteiger partial charge in [0.05, 0.1) is 17.9 Å². The van der Waals surface area contributed by atoms with E-state index in [0.717, 1.165) is 24.7 Å². The molecule has 2 rings (SSSR count). The van der Waals surface area contributed by atoms with Crippen LogP contribution in [0.25, 0.3) is 0 Å². The van der Waals surface area contributed by atoms with E-state index in [9.17, 15) is 0 Å². The largest absolute Gasteiger partial charge is 0.311 e. The van der Waals surface area contributed by atoms with Gasteiger partial charge in [0.15, 0.2) is 0 Å². The minimum absolute atomic E-state index is 0.576. The summed E-state index contributed by atoms with van der Waals surface area (Å²) in [6.45, 7) is 8.65. The Morgan fingerprint density at radius 1 is 1.33 bits per heavy atom. The Labute approximate surface area is 110 Å². The molecule has 1 saturated carbocycles. The fraction of sp³-hybridized carbons (Fsp3) is 0.857. The molecule has 0 bridgehead atoms. The molecular weight excluding hydrogens is 224 g/mol. The molecule has 0 aromatic carbocycles. The third-order valence-electron chi connectivity index (χ3n) is 3.78. The Balaban J connectivity index is 1.82. The predicted octanol–water partition coefficient (Wildman–Crippen LogP) is 2.77. The van der Waals surface area contributed by atoms with Gasteiger partial charge in [0.25, 0.3) is 0 Å². The number of hydrogen-bond donors (Lipinski definition) is 1. The van der Waals surface area contributed by atoms with Crippen molar-refractivity contribution in [2.24, 2.45) is 11.8 Å². The minimum Gasteiger partial charge on any atom is -0.311 e. The first-order chi connectivity index (χ1) is 8.65.